The van der Waals surface area contributed by atoms with Crippen molar-refractivity contribution in [1.29, 1.82) is 0 Å². The average Bonchev–Trinajstić information content (AvgIpc) is 2.37. The van der Waals surface area contributed by atoms with Gasteiger partial charge in [0.25, 0.3) is 0 Å². The van der Waals surface area contributed by atoms with Crippen molar-refractivity contribution in [1.82, 2.24) is 10.6 Å². The molecular weight excluding hydrogens is 224 g/mol. The topological polar surface area (TPSA) is 41.1 Å². The maximum Gasteiger partial charge on any atom is 0.220 e. The molecule has 104 valence electrons. The van der Waals surface area contributed by atoms with Crippen molar-refractivity contribution in [3.63, 3.8) is 0 Å². The third kappa shape index (κ3) is 3.71. The third-order valence-electron chi connectivity index (χ3n) is 4.96. The SMILES string of the molecule is CCC1(CNC(=O)CCC2CCCCN2)CCC1. The fourth-order valence-corrected chi connectivity index (χ4v) is 3.18. The lowest BCUT2D eigenvalue weighted by molar-refractivity contribution is -0.122. The lowest BCUT2D eigenvalue weighted by atomic mass is 9.67. The second-order valence-corrected chi connectivity index (χ2v) is 6.17. The Hall–Kier alpha value is -0.570. The van der Waals surface area contributed by atoms with E-state index < -0.39 is 0 Å². The largest absolute Gasteiger partial charge is 0.356 e. The van der Waals surface area contributed by atoms with Crippen LogP contribution in [-0.4, -0.2) is 25.0 Å². The number of rotatable bonds is 6. The summed E-state index contributed by atoms with van der Waals surface area (Å²) in [5.41, 5.74) is 0.443. The molecule has 2 aliphatic rings. The molecule has 1 saturated heterocycles. The van der Waals surface area contributed by atoms with Gasteiger partial charge in [0, 0.05) is 19.0 Å². The monoisotopic (exact) mass is 252 g/mol. The van der Waals surface area contributed by atoms with Crippen molar-refractivity contribution >= 4 is 5.91 Å². The van der Waals surface area contributed by atoms with Crippen molar-refractivity contribution in [3.8, 4) is 0 Å². The zero-order valence-corrected chi connectivity index (χ0v) is 11.8. The summed E-state index contributed by atoms with van der Waals surface area (Å²) in [7, 11) is 0. The van der Waals surface area contributed by atoms with Gasteiger partial charge in [-0.3, -0.25) is 4.79 Å². The van der Waals surface area contributed by atoms with Gasteiger partial charge in [-0.2, -0.15) is 0 Å². The van der Waals surface area contributed by atoms with Crippen LogP contribution in [0, 0.1) is 5.41 Å². The van der Waals surface area contributed by atoms with Crippen LogP contribution in [0.15, 0.2) is 0 Å². The smallest absolute Gasteiger partial charge is 0.220 e. The maximum absolute atomic E-state index is 11.8. The Morgan fingerprint density at radius 1 is 1.33 bits per heavy atom. The molecule has 0 spiro atoms. The molecule has 1 aliphatic heterocycles. The van der Waals surface area contributed by atoms with Crippen LogP contribution >= 0.6 is 0 Å². The summed E-state index contributed by atoms with van der Waals surface area (Å²) in [5, 5.41) is 6.65. The number of carbonyl (C=O) groups excluding carboxylic acids is 1. The zero-order chi connectivity index (χ0) is 12.8. The van der Waals surface area contributed by atoms with Gasteiger partial charge in [0.2, 0.25) is 5.91 Å². The molecule has 18 heavy (non-hydrogen) atoms. The van der Waals surface area contributed by atoms with Crippen LogP contribution in [-0.2, 0) is 4.79 Å². The summed E-state index contributed by atoms with van der Waals surface area (Å²) < 4.78 is 0. The molecule has 0 aromatic heterocycles. The van der Waals surface area contributed by atoms with E-state index in [4.69, 9.17) is 0 Å². The summed E-state index contributed by atoms with van der Waals surface area (Å²) in [5.74, 6) is 0.252. The first-order valence-electron chi connectivity index (χ1n) is 7.74. The lowest BCUT2D eigenvalue weighted by Gasteiger charge is -2.41. The molecule has 3 nitrogen and oxygen atoms in total. The van der Waals surface area contributed by atoms with Gasteiger partial charge in [-0.15, -0.1) is 0 Å². The first kappa shape index (κ1) is 13.9. The van der Waals surface area contributed by atoms with Gasteiger partial charge in [0.1, 0.15) is 0 Å². The molecule has 1 amide bonds. The normalized spacial score (nSPS) is 26.4. The highest BCUT2D eigenvalue weighted by Crippen LogP contribution is 2.43. The number of amides is 1. The van der Waals surface area contributed by atoms with E-state index in [1.807, 2.05) is 0 Å². The third-order valence-corrected chi connectivity index (χ3v) is 4.96. The van der Waals surface area contributed by atoms with Crippen LogP contribution in [0.25, 0.3) is 0 Å². The number of hydrogen-bond donors (Lipinski definition) is 2. The zero-order valence-electron chi connectivity index (χ0n) is 11.8. The van der Waals surface area contributed by atoms with Crippen LogP contribution in [0.2, 0.25) is 0 Å². The average molecular weight is 252 g/mol. The van der Waals surface area contributed by atoms with Crippen LogP contribution in [0.5, 0.6) is 0 Å². The Morgan fingerprint density at radius 2 is 2.17 bits per heavy atom. The van der Waals surface area contributed by atoms with E-state index in [1.54, 1.807) is 0 Å². The molecule has 0 aromatic carbocycles. The highest BCUT2D eigenvalue weighted by atomic mass is 16.1. The van der Waals surface area contributed by atoms with Gasteiger partial charge in [-0.1, -0.05) is 19.8 Å². The second kappa shape index (κ2) is 6.55. The molecule has 0 aromatic rings. The van der Waals surface area contributed by atoms with Gasteiger partial charge in [-0.05, 0) is 50.5 Å². The lowest BCUT2D eigenvalue weighted by Crippen LogP contribution is -2.42. The van der Waals surface area contributed by atoms with Crippen molar-refractivity contribution < 1.29 is 4.79 Å². The fraction of sp³-hybridized carbons (Fsp3) is 0.933. The number of carbonyl (C=O) groups is 1. The Balaban J connectivity index is 1.59. The second-order valence-electron chi connectivity index (χ2n) is 6.17. The Bertz CT molecular complexity index is 262. The van der Waals surface area contributed by atoms with Crippen molar-refractivity contribution in [2.45, 2.75) is 70.8 Å². The predicted octanol–water partition coefficient (Wildman–Crippen LogP) is 2.61. The quantitative estimate of drug-likeness (QED) is 0.763. The van der Waals surface area contributed by atoms with E-state index >= 15 is 0 Å². The van der Waals surface area contributed by atoms with Gasteiger partial charge >= 0.3 is 0 Å². The van der Waals surface area contributed by atoms with Crippen LogP contribution < -0.4 is 10.6 Å². The van der Waals surface area contributed by atoms with Crippen LogP contribution in [0.1, 0.15) is 64.7 Å². The molecule has 1 heterocycles. The van der Waals surface area contributed by atoms with Crippen LogP contribution in [0.3, 0.4) is 0 Å². The molecule has 1 aliphatic carbocycles. The number of piperidine rings is 1. The molecule has 0 bridgehead atoms. The molecule has 2 fully saturated rings. The predicted molar refractivity (Wildman–Crippen MR) is 74.5 cm³/mol. The Labute approximate surface area is 111 Å². The van der Waals surface area contributed by atoms with E-state index in [1.165, 1.54) is 44.9 Å². The fourth-order valence-electron chi connectivity index (χ4n) is 3.18. The van der Waals surface area contributed by atoms with Crippen LogP contribution in [0.4, 0.5) is 0 Å². The van der Waals surface area contributed by atoms with Crippen molar-refractivity contribution in [2.24, 2.45) is 5.41 Å². The molecule has 0 radical (unpaired) electrons. The van der Waals surface area contributed by atoms with E-state index in [2.05, 4.69) is 17.6 Å². The summed E-state index contributed by atoms with van der Waals surface area (Å²) in [4.78, 5) is 11.8. The molecule has 2 N–H and O–H groups in total. The first-order valence-corrected chi connectivity index (χ1v) is 7.74. The molecule has 1 atom stereocenters. The summed E-state index contributed by atoms with van der Waals surface area (Å²) >= 11 is 0. The molecule has 1 saturated carbocycles. The van der Waals surface area contributed by atoms with Crippen molar-refractivity contribution in [2.75, 3.05) is 13.1 Å². The van der Waals surface area contributed by atoms with E-state index in [-0.39, 0.29) is 5.91 Å². The molecule has 2 rings (SSSR count). The molecule has 1 unspecified atom stereocenters. The van der Waals surface area contributed by atoms with Gasteiger partial charge in [0.05, 0.1) is 0 Å². The minimum absolute atomic E-state index is 0.252. The van der Waals surface area contributed by atoms with Gasteiger partial charge in [-0.25, -0.2) is 0 Å². The summed E-state index contributed by atoms with van der Waals surface area (Å²) in [6.45, 7) is 4.28. The molecule has 3 heteroatoms. The Kier molecular flexibility index (Phi) is 5.04. The minimum Gasteiger partial charge on any atom is -0.356 e. The number of hydrogen-bond acceptors (Lipinski definition) is 2. The van der Waals surface area contributed by atoms with E-state index in [0.717, 1.165) is 19.5 Å². The minimum atomic E-state index is 0.252. The Morgan fingerprint density at radius 3 is 2.72 bits per heavy atom. The highest BCUT2D eigenvalue weighted by molar-refractivity contribution is 5.75. The van der Waals surface area contributed by atoms with Crippen molar-refractivity contribution in [3.05, 3.63) is 0 Å². The summed E-state index contributed by atoms with van der Waals surface area (Å²) in [6, 6.07) is 0.577. The standard InChI is InChI=1S/C15H28N2O/c1-2-15(9-5-10-15)12-17-14(18)8-7-13-6-3-4-11-16-13/h13,16H,2-12H2,1H3,(H,17,18). The van der Waals surface area contributed by atoms with E-state index in [0.29, 0.717) is 17.9 Å². The summed E-state index contributed by atoms with van der Waals surface area (Å²) in [6.07, 6.45) is 10.7. The highest BCUT2D eigenvalue weighted by Gasteiger charge is 2.35. The first-order chi connectivity index (χ1) is 8.74. The maximum atomic E-state index is 11.8. The van der Waals surface area contributed by atoms with Gasteiger partial charge < -0.3 is 10.6 Å². The van der Waals surface area contributed by atoms with E-state index in [9.17, 15) is 4.79 Å². The number of nitrogens with one attached hydrogen (secondary N) is 2. The van der Waals surface area contributed by atoms with Gasteiger partial charge in [0.15, 0.2) is 0 Å². The molecular formula is C15H28N2O.